The van der Waals surface area contributed by atoms with E-state index in [0.717, 1.165) is 11.3 Å². The molecule has 19 heavy (non-hydrogen) atoms. The largest absolute Gasteiger partial charge is 0.494 e. The van der Waals surface area contributed by atoms with Crippen molar-refractivity contribution in [1.29, 1.82) is 0 Å². The van der Waals surface area contributed by atoms with Crippen molar-refractivity contribution < 1.29 is 14.6 Å². The first-order valence-corrected chi connectivity index (χ1v) is 6.82. The maximum absolute atomic E-state index is 11.6. The number of rotatable bonds is 8. The highest BCUT2D eigenvalue weighted by atomic mass is 16.5. The summed E-state index contributed by atoms with van der Waals surface area (Å²) >= 11 is 0. The number of nitrogens with one attached hydrogen (secondary N) is 1. The lowest BCUT2D eigenvalue weighted by molar-refractivity contribution is -0.121. The molecule has 1 aromatic rings. The molecule has 0 heterocycles. The lowest BCUT2D eigenvalue weighted by Crippen LogP contribution is -2.31. The van der Waals surface area contributed by atoms with Crippen LogP contribution in [0, 0.1) is 0 Å². The fraction of sp³-hybridized carbons (Fsp3) is 0.533. The summed E-state index contributed by atoms with van der Waals surface area (Å²) in [5, 5.41) is 12.1. The van der Waals surface area contributed by atoms with Gasteiger partial charge in [-0.25, -0.2) is 0 Å². The molecule has 1 aromatic carbocycles. The van der Waals surface area contributed by atoms with E-state index < -0.39 is 6.10 Å². The van der Waals surface area contributed by atoms with E-state index in [1.165, 1.54) is 0 Å². The summed E-state index contributed by atoms with van der Waals surface area (Å²) in [4.78, 5) is 11.6. The van der Waals surface area contributed by atoms with E-state index in [0.29, 0.717) is 32.4 Å². The Labute approximate surface area is 114 Å². The van der Waals surface area contributed by atoms with Crippen molar-refractivity contribution in [2.45, 2.75) is 39.2 Å². The topological polar surface area (TPSA) is 58.6 Å². The second-order valence-electron chi connectivity index (χ2n) is 4.41. The molecule has 1 unspecified atom stereocenters. The summed E-state index contributed by atoms with van der Waals surface area (Å²) < 4.78 is 5.51. The number of amides is 1. The maximum Gasteiger partial charge on any atom is 0.220 e. The van der Waals surface area contributed by atoms with Gasteiger partial charge in [-0.15, -0.1) is 0 Å². The zero-order valence-electron chi connectivity index (χ0n) is 11.7. The molecule has 0 saturated heterocycles. The second-order valence-corrected chi connectivity index (χ2v) is 4.41. The Hall–Kier alpha value is -1.55. The smallest absolute Gasteiger partial charge is 0.220 e. The van der Waals surface area contributed by atoms with Crippen molar-refractivity contribution in [3.8, 4) is 5.75 Å². The minimum absolute atomic E-state index is 0.0428. The van der Waals surface area contributed by atoms with Crippen LogP contribution in [0.1, 0.15) is 32.3 Å². The van der Waals surface area contributed by atoms with E-state index in [1.807, 2.05) is 38.1 Å². The van der Waals surface area contributed by atoms with Crippen molar-refractivity contribution in [2.75, 3.05) is 13.2 Å². The molecule has 1 amide bonds. The van der Waals surface area contributed by atoms with Crippen LogP contribution < -0.4 is 10.1 Å². The minimum Gasteiger partial charge on any atom is -0.494 e. The molecule has 1 atom stereocenters. The number of benzene rings is 1. The predicted molar refractivity (Wildman–Crippen MR) is 75.2 cm³/mol. The Kier molecular flexibility index (Phi) is 6.97. The minimum atomic E-state index is -0.459. The third-order valence-corrected chi connectivity index (χ3v) is 2.90. The van der Waals surface area contributed by atoms with Gasteiger partial charge < -0.3 is 15.2 Å². The van der Waals surface area contributed by atoms with E-state index in [9.17, 15) is 9.90 Å². The van der Waals surface area contributed by atoms with E-state index in [2.05, 4.69) is 5.32 Å². The Morgan fingerprint density at radius 1 is 1.37 bits per heavy atom. The highest BCUT2D eigenvalue weighted by Gasteiger charge is 2.08. The summed E-state index contributed by atoms with van der Waals surface area (Å²) in [6, 6.07) is 7.75. The molecule has 0 bridgehead atoms. The monoisotopic (exact) mass is 265 g/mol. The van der Waals surface area contributed by atoms with Crippen LogP contribution in [0.2, 0.25) is 0 Å². The van der Waals surface area contributed by atoms with E-state index in [4.69, 9.17) is 4.74 Å². The standard InChI is InChI=1S/C15H23NO3/c1-3-13(17)11-16-15(18)10-9-12-7-5-6-8-14(12)19-4-2/h5-8,13,17H,3-4,9-11H2,1-2H3,(H,16,18). The van der Waals surface area contributed by atoms with Crippen molar-refractivity contribution in [1.82, 2.24) is 5.32 Å². The summed E-state index contributed by atoms with van der Waals surface area (Å²) in [5.41, 5.74) is 1.04. The number of hydrogen-bond acceptors (Lipinski definition) is 3. The lowest BCUT2D eigenvalue weighted by Gasteiger charge is -2.11. The molecule has 0 radical (unpaired) electrons. The predicted octanol–water partition coefficient (Wildman–Crippen LogP) is 1.91. The number of carbonyl (C=O) groups is 1. The molecule has 0 fully saturated rings. The van der Waals surface area contributed by atoms with Gasteiger partial charge >= 0.3 is 0 Å². The van der Waals surface area contributed by atoms with Crippen LogP contribution in [0.25, 0.3) is 0 Å². The van der Waals surface area contributed by atoms with Crippen molar-refractivity contribution in [3.05, 3.63) is 29.8 Å². The summed E-state index contributed by atoms with van der Waals surface area (Å²) in [5.74, 6) is 0.796. The number of aryl methyl sites for hydroxylation is 1. The molecule has 106 valence electrons. The number of ether oxygens (including phenoxy) is 1. The summed E-state index contributed by atoms with van der Waals surface area (Å²) in [6.45, 7) is 4.76. The molecule has 4 nitrogen and oxygen atoms in total. The molecule has 0 aliphatic carbocycles. The zero-order valence-corrected chi connectivity index (χ0v) is 11.7. The van der Waals surface area contributed by atoms with Gasteiger partial charge in [0.15, 0.2) is 0 Å². The second kappa shape index (κ2) is 8.53. The van der Waals surface area contributed by atoms with Crippen LogP contribution in [-0.2, 0) is 11.2 Å². The maximum atomic E-state index is 11.6. The van der Waals surface area contributed by atoms with Gasteiger partial charge in [0.2, 0.25) is 5.91 Å². The third kappa shape index (κ3) is 5.75. The first kappa shape index (κ1) is 15.5. The highest BCUT2D eigenvalue weighted by molar-refractivity contribution is 5.76. The molecule has 0 saturated carbocycles. The summed E-state index contributed by atoms with van der Waals surface area (Å²) in [7, 11) is 0. The molecule has 0 spiro atoms. The first-order chi connectivity index (χ1) is 9.17. The number of hydrogen-bond donors (Lipinski definition) is 2. The number of carbonyl (C=O) groups excluding carboxylic acids is 1. The Bertz CT molecular complexity index is 393. The lowest BCUT2D eigenvalue weighted by atomic mass is 10.1. The molecule has 0 aliphatic rings. The molecule has 2 N–H and O–H groups in total. The van der Waals surface area contributed by atoms with Gasteiger partial charge in [0.05, 0.1) is 12.7 Å². The van der Waals surface area contributed by atoms with Gasteiger partial charge in [-0.3, -0.25) is 4.79 Å². The molecule has 0 aliphatic heterocycles. The fourth-order valence-corrected chi connectivity index (χ4v) is 1.72. The number of aliphatic hydroxyl groups excluding tert-OH is 1. The highest BCUT2D eigenvalue weighted by Crippen LogP contribution is 2.19. The van der Waals surface area contributed by atoms with Gasteiger partial charge in [0.25, 0.3) is 0 Å². The van der Waals surface area contributed by atoms with Gasteiger partial charge in [-0.05, 0) is 31.4 Å². The van der Waals surface area contributed by atoms with Crippen LogP contribution in [0.15, 0.2) is 24.3 Å². The first-order valence-electron chi connectivity index (χ1n) is 6.82. The fourth-order valence-electron chi connectivity index (χ4n) is 1.72. The molecular weight excluding hydrogens is 242 g/mol. The molecular formula is C15H23NO3. The van der Waals surface area contributed by atoms with Crippen LogP contribution in [0.3, 0.4) is 0 Å². The molecule has 0 aromatic heterocycles. The van der Waals surface area contributed by atoms with Gasteiger partial charge in [-0.2, -0.15) is 0 Å². The quantitative estimate of drug-likeness (QED) is 0.755. The number of aliphatic hydroxyl groups is 1. The van der Waals surface area contributed by atoms with Crippen molar-refractivity contribution in [3.63, 3.8) is 0 Å². The Morgan fingerprint density at radius 3 is 2.79 bits per heavy atom. The van der Waals surface area contributed by atoms with Crippen LogP contribution >= 0.6 is 0 Å². The normalized spacial score (nSPS) is 11.9. The van der Waals surface area contributed by atoms with Gasteiger partial charge in [0, 0.05) is 13.0 Å². The average molecular weight is 265 g/mol. The number of para-hydroxylation sites is 1. The van der Waals surface area contributed by atoms with E-state index >= 15 is 0 Å². The average Bonchev–Trinajstić information content (AvgIpc) is 2.44. The SMILES string of the molecule is CCOc1ccccc1CCC(=O)NCC(O)CC. The zero-order chi connectivity index (χ0) is 14.1. The van der Waals surface area contributed by atoms with Crippen LogP contribution in [0.4, 0.5) is 0 Å². The van der Waals surface area contributed by atoms with E-state index in [1.54, 1.807) is 0 Å². The van der Waals surface area contributed by atoms with Gasteiger partial charge in [0.1, 0.15) is 5.75 Å². The van der Waals surface area contributed by atoms with Crippen LogP contribution in [0.5, 0.6) is 5.75 Å². The molecule has 1 rings (SSSR count). The van der Waals surface area contributed by atoms with E-state index in [-0.39, 0.29) is 5.91 Å². The van der Waals surface area contributed by atoms with Crippen molar-refractivity contribution >= 4 is 5.91 Å². The van der Waals surface area contributed by atoms with Crippen LogP contribution in [-0.4, -0.2) is 30.3 Å². The Morgan fingerprint density at radius 2 is 2.11 bits per heavy atom. The van der Waals surface area contributed by atoms with Gasteiger partial charge in [-0.1, -0.05) is 25.1 Å². The summed E-state index contributed by atoms with van der Waals surface area (Å²) in [6.07, 6.45) is 1.23. The Balaban J connectivity index is 2.41. The third-order valence-electron chi connectivity index (χ3n) is 2.90. The molecule has 4 heteroatoms. The van der Waals surface area contributed by atoms with Crippen molar-refractivity contribution in [2.24, 2.45) is 0 Å².